The molecular weight excluding hydrogens is 574 g/mol. The first-order valence-corrected chi connectivity index (χ1v) is 15.0. The molecule has 0 N–H and O–H groups in total. The zero-order chi connectivity index (χ0) is 32.0. The molecule has 0 saturated carbocycles. The number of pyridine rings is 1. The summed E-state index contributed by atoms with van der Waals surface area (Å²) in [5.74, 6) is -1.02. The molecule has 3 aromatic carbocycles. The maximum absolute atomic E-state index is 15.7. The number of fused-ring (bicyclic) bond motifs is 2. The summed E-state index contributed by atoms with van der Waals surface area (Å²) < 4.78 is 48.6. The van der Waals surface area contributed by atoms with Gasteiger partial charge in [-0.25, -0.2) is 18.6 Å². The fourth-order valence-electron chi connectivity index (χ4n) is 6.10. The number of esters is 1. The number of nitrogens with zero attached hydrogens (tertiary/aromatic N) is 2. The lowest BCUT2D eigenvalue weighted by Crippen LogP contribution is -2.29. The van der Waals surface area contributed by atoms with Crippen LogP contribution in [0.4, 0.5) is 8.78 Å². The van der Waals surface area contributed by atoms with Crippen LogP contribution in [-0.4, -0.2) is 34.7 Å². The first-order valence-electron chi connectivity index (χ1n) is 15.0. The highest BCUT2D eigenvalue weighted by atomic mass is 19.1. The van der Waals surface area contributed by atoms with Crippen LogP contribution in [-0.2, 0) is 20.7 Å². The molecule has 2 aromatic heterocycles. The second-order valence-electron chi connectivity index (χ2n) is 12.5. The lowest BCUT2D eigenvalue weighted by molar-refractivity contribution is -0.164. The van der Waals surface area contributed by atoms with Crippen molar-refractivity contribution in [3.05, 3.63) is 101 Å². The molecular formula is C37H36F2N2O4. The van der Waals surface area contributed by atoms with E-state index in [4.69, 9.17) is 19.2 Å². The molecule has 0 fully saturated rings. The van der Waals surface area contributed by atoms with Crippen molar-refractivity contribution in [2.45, 2.75) is 59.2 Å². The van der Waals surface area contributed by atoms with Crippen LogP contribution < -0.4 is 4.74 Å². The summed E-state index contributed by atoms with van der Waals surface area (Å²) >= 11 is 0. The van der Waals surface area contributed by atoms with Gasteiger partial charge in [-0.1, -0.05) is 30.3 Å². The number of aromatic nitrogens is 2. The van der Waals surface area contributed by atoms with Gasteiger partial charge in [0.1, 0.15) is 11.5 Å². The number of ether oxygens (including phenoxy) is 3. The first kappa shape index (κ1) is 30.5. The monoisotopic (exact) mass is 610 g/mol. The van der Waals surface area contributed by atoms with Gasteiger partial charge in [-0.05, 0) is 100 Å². The van der Waals surface area contributed by atoms with E-state index < -0.39 is 23.5 Å². The van der Waals surface area contributed by atoms with E-state index in [2.05, 4.69) is 0 Å². The fraction of sp³-hybridized carbons (Fsp3) is 0.297. The molecule has 6 rings (SSSR count). The van der Waals surface area contributed by atoms with E-state index in [-0.39, 0.29) is 11.6 Å². The molecule has 0 aliphatic carbocycles. The third-order valence-electron chi connectivity index (χ3n) is 8.18. The number of benzene rings is 3. The number of hydrogen-bond donors (Lipinski definition) is 0. The maximum atomic E-state index is 15.7. The number of carbonyl (C=O) groups is 1. The Hall–Kier alpha value is -4.56. The summed E-state index contributed by atoms with van der Waals surface area (Å²) in [5, 5.41) is 0. The standard InChI is InChI=1S/C37H36F2N2O4/c1-21-17-31-40-30(25-10-7-9-24(18-25)23-12-14-26(38)15-13-23)20-41(31)33(32(21)35(36(42)43-6)45-37(3,4)5)28-19-29(39)34-27(22(28)2)11-8-16-44-34/h7,9-10,12-15,17-20,35H,8,11,16H2,1-6H3/t35-/m0/s1. The highest BCUT2D eigenvalue weighted by molar-refractivity contribution is 5.84. The molecule has 0 saturated heterocycles. The Morgan fingerprint density at radius 3 is 2.44 bits per heavy atom. The minimum Gasteiger partial charge on any atom is -0.490 e. The number of hydrogen-bond acceptors (Lipinski definition) is 5. The van der Waals surface area contributed by atoms with Gasteiger partial charge in [0.2, 0.25) is 0 Å². The van der Waals surface area contributed by atoms with Crippen LogP contribution in [0.25, 0.3) is 39.3 Å². The molecule has 5 aromatic rings. The van der Waals surface area contributed by atoms with Gasteiger partial charge in [-0.15, -0.1) is 0 Å². The zero-order valence-corrected chi connectivity index (χ0v) is 26.3. The average molecular weight is 611 g/mol. The molecule has 0 spiro atoms. The predicted molar refractivity (Wildman–Crippen MR) is 170 cm³/mol. The summed E-state index contributed by atoms with van der Waals surface area (Å²) in [6.07, 6.45) is 2.28. The van der Waals surface area contributed by atoms with Crippen molar-refractivity contribution in [3.8, 4) is 39.4 Å². The van der Waals surface area contributed by atoms with Gasteiger partial charge in [0.25, 0.3) is 0 Å². The van der Waals surface area contributed by atoms with E-state index in [1.807, 2.05) is 75.5 Å². The van der Waals surface area contributed by atoms with Crippen LogP contribution in [0.1, 0.15) is 55.5 Å². The molecule has 232 valence electrons. The van der Waals surface area contributed by atoms with Crippen LogP contribution >= 0.6 is 0 Å². The smallest absolute Gasteiger partial charge is 0.339 e. The van der Waals surface area contributed by atoms with Gasteiger partial charge in [-0.2, -0.15) is 0 Å². The Bertz CT molecular complexity index is 1920. The van der Waals surface area contributed by atoms with Crippen LogP contribution in [0.15, 0.2) is 66.9 Å². The molecule has 1 aliphatic rings. The molecule has 0 bridgehead atoms. The minimum absolute atomic E-state index is 0.285. The molecule has 3 heterocycles. The third kappa shape index (κ3) is 5.82. The number of aryl methyl sites for hydroxylation is 1. The van der Waals surface area contributed by atoms with Crippen molar-refractivity contribution >= 4 is 11.6 Å². The van der Waals surface area contributed by atoms with Gasteiger partial charge >= 0.3 is 5.97 Å². The van der Waals surface area contributed by atoms with E-state index in [1.165, 1.54) is 25.3 Å². The van der Waals surface area contributed by atoms with Crippen molar-refractivity contribution < 1.29 is 27.8 Å². The van der Waals surface area contributed by atoms with Crippen molar-refractivity contribution in [2.24, 2.45) is 0 Å². The summed E-state index contributed by atoms with van der Waals surface area (Å²) in [4.78, 5) is 18.4. The SMILES string of the molecule is COC(=O)[C@@H](OC(C)(C)C)c1c(C)cc2nc(-c3cccc(-c4ccc(F)cc4)c3)cn2c1-c1cc(F)c2c(c1C)CCCO2. The topological polar surface area (TPSA) is 62.1 Å². The summed E-state index contributed by atoms with van der Waals surface area (Å²) in [6, 6.07) is 17.6. The van der Waals surface area contributed by atoms with Crippen LogP contribution in [0, 0.1) is 25.5 Å². The van der Waals surface area contributed by atoms with E-state index >= 15 is 4.39 Å². The van der Waals surface area contributed by atoms with Gasteiger partial charge in [-0.3, -0.25) is 4.40 Å². The summed E-state index contributed by atoms with van der Waals surface area (Å²) in [6.45, 7) is 9.96. The molecule has 6 nitrogen and oxygen atoms in total. The van der Waals surface area contributed by atoms with Crippen LogP contribution in [0.3, 0.4) is 0 Å². The highest BCUT2D eigenvalue weighted by Crippen LogP contribution is 2.43. The Morgan fingerprint density at radius 2 is 1.73 bits per heavy atom. The number of halogens is 2. The van der Waals surface area contributed by atoms with Crippen molar-refractivity contribution in [3.63, 3.8) is 0 Å². The van der Waals surface area contributed by atoms with E-state index in [9.17, 15) is 9.18 Å². The molecule has 0 amide bonds. The zero-order valence-electron chi connectivity index (χ0n) is 26.3. The summed E-state index contributed by atoms with van der Waals surface area (Å²) in [5.41, 5.74) is 7.49. The molecule has 0 radical (unpaired) electrons. The highest BCUT2D eigenvalue weighted by Gasteiger charge is 2.34. The summed E-state index contributed by atoms with van der Waals surface area (Å²) in [7, 11) is 1.33. The third-order valence-corrected chi connectivity index (χ3v) is 8.18. The maximum Gasteiger partial charge on any atom is 0.339 e. The van der Waals surface area contributed by atoms with Crippen molar-refractivity contribution in [2.75, 3.05) is 13.7 Å². The average Bonchev–Trinajstić information content (AvgIpc) is 3.44. The molecule has 0 unspecified atom stereocenters. The van der Waals surface area contributed by atoms with Crippen LogP contribution in [0.2, 0.25) is 0 Å². The Morgan fingerprint density at radius 1 is 1.00 bits per heavy atom. The molecule has 1 atom stereocenters. The lowest BCUT2D eigenvalue weighted by Gasteiger charge is -2.30. The molecule has 1 aliphatic heterocycles. The van der Waals surface area contributed by atoms with Crippen molar-refractivity contribution in [1.29, 1.82) is 0 Å². The van der Waals surface area contributed by atoms with E-state index in [0.717, 1.165) is 39.8 Å². The Labute approximate surface area is 261 Å². The first-order chi connectivity index (χ1) is 21.4. The number of rotatable bonds is 6. The van der Waals surface area contributed by atoms with E-state index in [0.29, 0.717) is 41.2 Å². The minimum atomic E-state index is -1.09. The van der Waals surface area contributed by atoms with Crippen LogP contribution in [0.5, 0.6) is 5.75 Å². The van der Waals surface area contributed by atoms with Crippen molar-refractivity contribution in [1.82, 2.24) is 9.38 Å². The Balaban J connectivity index is 1.62. The van der Waals surface area contributed by atoms with Gasteiger partial charge in [0.05, 0.1) is 30.7 Å². The molecule has 45 heavy (non-hydrogen) atoms. The van der Waals surface area contributed by atoms with E-state index in [1.54, 1.807) is 12.1 Å². The number of imidazole rings is 1. The fourth-order valence-corrected chi connectivity index (χ4v) is 6.10. The van der Waals surface area contributed by atoms with Gasteiger partial charge in [0, 0.05) is 28.5 Å². The second-order valence-corrected chi connectivity index (χ2v) is 12.5. The predicted octanol–water partition coefficient (Wildman–Crippen LogP) is 8.58. The van der Waals surface area contributed by atoms with Gasteiger partial charge in [0.15, 0.2) is 17.7 Å². The number of carbonyl (C=O) groups excluding carboxylic acids is 1. The molecule has 8 heteroatoms. The number of methoxy groups -OCH3 is 1. The lowest BCUT2D eigenvalue weighted by atomic mass is 9.89. The largest absolute Gasteiger partial charge is 0.490 e. The quantitative estimate of drug-likeness (QED) is 0.180. The van der Waals surface area contributed by atoms with Gasteiger partial charge < -0.3 is 14.2 Å². The normalized spacial score (nSPS) is 13.8. The second kappa shape index (κ2) is 11.7. The Kier molecular flexibility index (Phi) is 7.95.